The molecule has 8 heteroatoms. The van der Waals surface area contributed by atoms with Crippen molar-refractivity contribution in [2.75, 3.05) is 4.90 Å². The third kappa shape index (κ3) is 3.47. The molecule has 1 amide bonds. The monoisotopic (exact) mass is 476 g/mol. The minimum atomic E-state index is -1.24. The molecule has 3 aromatic carbocycles. The topological polar surface area (TPSA) is 70.5 Å². The number of thiazole rings is 1. The van der Waals surface area contributed by atoms with Crippen molar-refractivity contribution >= 4 is 44.1 Å². The second-order valence-corrected chi connectivity index (χ2v) is 9.13. The highest BCUT2D eigenvalue weighted by molar-refractivity contribution is 7.22. The van der Waals surface area contributed by atoms with Gasteiger partial charge in [-0.05, 0) is 61.4 Å². The van der Waals surface area contributed by atoms with Gasteiger partial charge in [-0.1, -0.05) is 35.6 Å². The Balaban J connectivity index is 1.76. The molecule has 1 aliphatic rings. The fourth-order valence-corrected chi connectivity index (χ4v) is 5.41. The Kier molecular flexibility index (Phi) is 5.25. The molecule has 2 heterocycles. The Bertz CT molecular complexity index is 1510. The Labute approximate surface area is 197 Å². The van der Waals surface area contributed by atoms with Crippen LogP contribution in [0.1, 0.15) is 28.3 Å². The summed E-state index contributed by atoms with van der Waals surface area (Å²) in [5, 5.41) is 11.2. The van der Waals surface area contributed by atoms with Crippen molar-refractivity contribution < 1.29 is 23.5 Å². The number of Topliss-reactive ketones (excluding diaryl/α,β-unsaturated/α-hetero) is 1. The average molecular weight is 477 g/mol. The number of hydrogen-bond acceptors (Lipinski definition) is 5. The van der Waals surface area contributed by atoms with Gasteiger partial charge in [0.05, 0.1) is 15.8 Å². The Morgan fingerprint density at radius 3 is 2.44 bits per heavy atom. The molecule has 0 radical (unpaired) electrons. The number of hydrogen-bond donors (Lipinski definition) is 1. The van der Waals surface area contributed by atoms with Gasteiger partial charge in [0, 0.05) is 11.1 Å². The standard InChI is InChI=1S/C26H18F2N2O3S/c1-13-11-14(2)21-19(12-13)34-26(29-21)30-22(17-5-3-4-6-18(17)28)20(24(32)25(30)33)23(31)15-7-9-16(27)10-8-15/h3-12,22,31H,1-2H3/t22-/m0/s1. The minimum absolute atomic E-state index is 0.0394. The molecule has 5 rings (SSSR count). The summed E-state index contributed by atoms with van der Waals surface area (Å²) in [7, 11) is 0. The number of aromatic nitrogens is 1. The fourth-order valence-electron chi connectivity index (χ4n) is 4.25. The Morgan fingerprint density at radius 2 is 1.74 bits per heavy atom. The van der Waals surface area contributed by atoms with E-state index >= 15 is 0 Å². The maximum absolute atomic E-state index is 15.0. The van der Waals surface area contributed by atoms with Crippen LogP contribution in [0.2, 0.25) is 0 Å². The van der Waals surface area contributed by atoms with Gasteiger partial charge >= 0.3 is 5.91 Å². The number of carbonyl (C=O) groups is 2. The highest BCUT2D eigenvalue weighted by Gasteiger charge is 2.49. The average Bonchev–Trinajstić information content (AvgIpc) is 3.33. The molecule has 0 unspecified atom stereocenters. The summed E-state index contributed by atoms with van der Waals surface area (Å²) in [6, 6.07) is 13.2. The summed E-state index contributed by atoms with van der Waals surface area (Å²) in [5.74, 6) is -3.57. The molecule has 1 atom stereocenters. The third-order valence-electron chi connectivity index (χ3n) is 5.79. The first kappa shape index (κ1) is 21.9. The van der Waals surface area contributed by atoms with Crippen molar-refractivity contribution in [1.82, 2.24) is 4.98 Å². The van der Waals surface area contributed by atoms with Gasteiger partial charge in [0.1, 0.15) is 23.4 Å². The summed E-state index contributed by atoms with van der Waals surface area (Å²) in [4.78, 5) is 32.2. The van der Waals surface area contributed by atoms with Crippen molar-refractivity contribution in [3.63, 3.8) is 0 Å². The number of benzene rings is 3. The van der Waals surface area contributed by atoms with Gasteiger partial charge in [-0.2, -0.15) is 0 Å². The van der Waals surface area contributed by atoms with Crippen LogP contribution in [0.15, 0.2) is 66.2 Å². The summed E-state index contributed by atoms with van der Waals surface area (Å²) >= 11 is 1.21. The van der Waals surface area contributed by atoms with Gasteiger partial charge in [-0.25, -0.2) is 13.8 Å². The van der Waals surface area contributed by atoms with Crippen LogP contribution >= 0.6 is 11.3 Å². The second-order valence-electron chi connectivity index (χ2n) is 8.12. The molecule has 170 valence electrons. The van der Waals surface area contributed by atoms with Gasteiger partial charge in [0.15, 0.2) is 5.13 Å². The van der Waals surface area contributed by atoms with Gasteiger partial charge < -0.3 is 5.11 Å². The van der Waals surface area contributed by atoms with E-state index < -0.39 is 35.1 Å². The zero-order valence-electron chi connectivity index (χ0n) is 18.2. The first-order valence-electron chi connectivity index (χ1n) is 10.5. The van der Waals surface area contributed by atoms with Gasteiger partial charge in [-0.15, -0.1) is 0 Å². The number of anilines is 1. The Hall–Kier alpha value is -3.91. The van der Waals surface area contributed by atoms with E-state index in [9.17, 15) is 23.5 Å². The van der Waals surface area contributed by atoms with Crippen molar-refractivity contribution in [1.29, 1.82) is 0 Å². The molecule has 1 aliphatic heterocycles. The van der Waals surface area contributed by atoms with Crippen LogP contribution in [-0.4, -0.2) is 21.8 Å². The third-order valence-corrected chi connectivity index (χ3v) is 6.79. The largest absolute Gasteiger partial charge is 0.507 e. The van der Waals surface area contributed by atoms with E-state index in [-0.39, 0.29) is 21.8 Å². The number of carbonyl (C=O) groups excluding carboxylic acids is 2. The molecule has 1 aromatic heterocycles. The van der Waals surface area contributed by atoms with E-state index in [1.54, 1.807) is 6.07 Å². The van der Waals surface area contributed by atoms with Crippen LogP contribution in [-0.2, 0) is 9.59 Å². The van der Waals surface area contributed by atoms with Crippen LogP contribution < -0.4 is 4.90 Å². The first-order valence-corrected chi connectivity index (χ1v) is 11.3. The molecule has 4 aromatic rings. The lowest BCUT2D eigenvalue weighted by molar-refractivity contribution is -0.132. The van der Waals surface area contributed by atoms with Crippen LogP contribution in [0.4, 0.5) is 13.9 Å². The quantitative estimate of drug-likeness (QED) is 0.230. The number of aliphatic hydroxyl groups is 1. The van der Waals surface area contributed by atoms with Crippen molar-refractivity contribution in [3.8, 4) is 0 Å². The number of rotatable bonds is 3. The summed E-state index contributed by atoms with van der Waals surface area (Å²) in [5.41, 5.74) is 2.49. The summed E-state index contributed by atoms with van der Waals surface area (Å²) in [6.07, 6.45) is 0. The first-order chi connectivity index (χ1) is 16.3. The van der Waals surface area contributed by atoms with E-state index in [1.807, 2.05) is 26.0 Å². The molecule has 1 saturated heterocycles. The van der Waals surface area contributed by atoms with E-state index in [2.05, 4.69) is 4.98 Å². The highest BCUT2D eigenvalue weighted by Crippen LogP contribution is 2.45. The lowest BCUT2D eigenvalue weighted by Crippen LogP contribution is -2.29. The van der Waals surface area contributed by atoms with Gasteiger partial charge in [0.2, 0.25) is 0 Å². The van der Waals surface area contributed by atoms with Crippen LogP contribution in [0.25, 0.3) is 16.0 Å². The van der Waals surface area contributed by atoms with Crippen molar-refractivity contribution in [3.05, 3.63) is 100 Å². The number of fused-ring (bicyclic) bond motifs is 1. The molecule has 34 heavy (non-hydrogen) atoms. The smallest absolute Gasteiger partial charge is 0.301 e. The maximum Gasteiger partial charge on any atom is 0.301 e. The zero-order chi connectivity index (χ0) is 24.1. The predicted octanol–water partition coefficient (Wildman–Crippen LogP) is 5.82. The van der Waals surface area contributed by atoms with Gasteiger partial charge in [-0.3, -0.25) is 14.5 Å². The summed E-state index contributed by atoms with van der Waals surface area (Å²) < 4.78 is 29.2. The molecular formula is C26H18F2N2O3S. The molecule has 0 aliphatic carbocycles. The van der Waals surface area contributed by atoms with E-state index in [0.717, 1.165) is 32.9 Å². The van der Waals surface area contributed by atoms with E-state index in [0.29, 0.717) is 5.52 Å². The fraction of sp³-hybridized carbons (Fsp3) is 0.115. The minimum Gasteiger partial charge on any atom is -0.507 e. The highest BCUT2D eigenvalue weighted by atomic mass is 32.1. The number of halogens is 2. The molecule has 0 saturated carbocycles. The lowest BCUT2D eigenvalue weighted by atomic mass is 9.95. The second kappa shape index (κ2) is 8.14. The number of aliphatic hydroxyl groups excluding tert-OH is 1. The van der Waals surface area contributed by atoms with Crippen LogP contribution in [0, 0.1) is 25.5 Å². The maximum atomic E-state index is 15.0. The molecule has 5 nitrogen and oxygen atoms in total. The van der Waals surface area contributed by atoms with E-state index in [4.69, 9.17) is 0 Å². The zero-order valence-corrected chi connectivity index (χ0v) is 19.0. The molecule has 1 fully saturated rings. The number of nitrogens with zero attached hydrogens (tertiary/aromatic N) is 2. The van der Waals surface area contributed by atoms with E-state index in [1.165, 1.54) is 41.7 Å². The van der Waals surface area contributed by atoms with Crippen LogP contribution in [0.5, 0.6) is 0 Å². The number of ketones is 1. The lowest BCUT2D eigenvalue weighted by Gasteiger charge is -2.23. The van der Waals surface area contributed by atoms with Gasteiger partial charge in [0.25, 0.3) is 5.78 Å². The predicted molar refractivity (Wildman–Crippen MR) is 127 cm³/mol. The van der Waals surface area contributed by atoms with Crippen molar-refractivity contribution in [2.24, 2.45) is 0 Å². The Morgan fingerprint density at radius 1 is 1.03 bits per heavy atom. The van der Waals surface area contributed by atoms with Crippen LogP contribution in [0.3, 0.4) is 0 Å². The normalized spacial score (nSPS) is 17.6. The van der Waals surface area contributed by atoms with Crippen molar-refractivity contribution in [2.45, 2.75) is 19.9 Å². The SMILES string of the molecule is Cc1cc(C)c2nc(N3C(=O)C(=O)C(=C(O)c4ccc(F)cc4)[C@@H]3c3ccccc3F)sc2c1. The molecule has 0 bridgehead atoms. The number of aryl methyl sites for hydroxylation is 2. The molecular weight excluding hydrogens is 458 g/mol. The summed E-state index contributed by atoms with van der Waals surface area (Å²) in [6.45, 7) is 3.84. The number of amides is 1. The molecule has 0 spiro atoms. The molecule has 1 N–H and O–H groups in total.